The number of carbonyl (C=O) groups excluding carboxylic acids is 3. The average molecular weight is 809 g/mol. The highest BCUT2D eigenvalue weighted by molar-refractivity contribution is 5.77. The third-order valence-electron chi connectivity index (χ3n) is 11.4. The summed E-state index contributed by atoms with van der Waals surface area (Å²) in [4.78, 5) is 39.6. The standard InChI is InChI=1S/C49H96N2O6/c1-6-10-13-16-21-27-35-45(9-4)56-48(53)38-30-23-18-25-32-41-51(43-34-40-50-47(52)44-55-5)42-33-26-19-24-31-39-49(54)57-46(36-28-20-15-12-8-3)37-29-22-17-14-11-7-2/h45-46H,6-44H2,1-5H3,(H,50,52). The molecule has 0 aromatic heterocycles. The molecule has 8 nitrogen and oxygen atoms in total. The summed E-state index contributed by atoms with van der Waals surface area (Å²) in [5.41, 5.74) is 0. The Kier molecular flexibility index (Phi) is 42.6. The van der Waals surface area contributed by atoms with Crippen LogP contribution in [0, 0.1) is 0 Å². The van der Waals surface area contributed by atoms with Crippen LogP contribution in [0.4, 0.5) is 0 Å². The van der Waals surface area contributed by atoms with Gasteiger partial charge in [0.15, 0.2) is 0 Å². The molecule has 0 saturated carbocycles. The molecule has 0 saturated heterocycles. The zero-order valence-corrected chi connectivity index (χ0v) is 38.6. The number of rotatable bonds is 45. The second-order valence-electron chi connectivity index (χ2n) is 17.0. The van der Waals surface area contributed by atoms with Gasteiger partial charge >= 0.3 is 11.9 Å². The third-order valence-corrected chi connectivity index (χ3v) is 11.4. The second kappa shape index (κ2) is 43.9. The van der Waals surface area contributed by atoms with Crippen molar-refractivity contribution in [1.29, 1.82) is 0 Å². The van der Waals surface area contributed by atoms with Gasteiger partial charge in [-0.25, -0.2) is 0 Å². The van der Waals surface area contributed by atoms with Gasteiger partial charge in [0.05, 0.1) is 0 Å². The Bertz CT molecular complexity index is 886. The number of hydrogen-bond acceptors (Lipinski definition) is 7. The van der Waals surface area contributed by atoms with Crippen LogP contribution in [0.3, 0.4) is 0 Å². The van der Waals surface area contributed by atoms with Crippen LogP contribution >= 0.6 is 0 Å². The number of hydrogen-bond donors (Lipinski definition) is 1. The topological polar surface area (TPSA) is 94.2 Å². The van der Waals surface area contributed by atoms with Gasteiger partial charge in [-0.2, -0.15) is 0 Å². The van der Waals surface area contributed by atoms with Crippen molar-refractivity contribution in [3.63, 3.8) is 0 Å². The van der Waals surface area contributed by atoms with Gasteiger partial charge < -0.3 is 24.4 Å². The van der Waals surface area contributed by atoms with E-state index in [4.69, 9.17) is 14.2 Å². The Morgan fingerprint density at radius 3 is 1.26 bits per heavy atom. The van der Waals surface area contributed by atoms with Crippen molar-refractivity contribution in [2.45, 2.75) is 258 Å². The van der Waals surface area contributed by atoms with Gasteiger partial charge in [0, 0.05) is 26.5 Å². The normalized spacial score (nSPS) is 12.5. The largest absolute Gasteiger partial charge is 0.462 e. The minimum Gasteiger partial charge on any atom is -0.462 e. The Balaban J connectivity index is 4.42. The summed E-state index contributed by atoms with van der Waals surface area (Å²) < 4.78 is 16.8. The number of carbonyl (C=O) groups is 3. The minimum absolute atomic E-state index is 0.00664. The van der Waals surface area contributed by atoms with E-state index in [1.165, 1.54) is 116 Å². The van der Waals surface area contributed by atoms with Crippen LogP contribution in [0.15, 0.2) is 0 Å². The third kappa shape index (κ3) is 39.6. The molecule has 8 heteroatoms. The van der Waals surface area contributed by atoms with Crippen molar-refractivity contribution < 1.29 is 28.6 Å². The Morgan fingerprint density at radius 1 is 0.456 bits per heavy atom. The summed E-state index contributed by atoms with van der Waals surface area (Å²) in [6, 6.07) is 0. The van der Waals surface area contributed by atoms with Crippen LogP contribution in [0.25, 0.3) is 0 Å². The summed E-state index contributed by atoms with van der Waals surface area (Å²) in [6.45, 7) is 12.8. The highest BCUT2D eigenvalue weighted by Gasteiger charge is 2.15. The van der Waals surface area contributed by atoms with Crippen molar-refractivity contribution >= 4 is 17.8 Å². The first-order valence-electron chi connectivity index (χ1n) is 24.8. The van der Waals surface area contributed by atoms with Gasteiger partial charge in [-0.1, -0.05) is 156 Å². The lowest BCUT2D eigenvalue weighted by Crippen LogP contribution is -2.32. The molecule has 0 aromatic rings. The number of nitrogens with one attached hydrogen (secondary N) is 1. The molecule has 2 atom stereocenters. The van der Waals surface area contributed by atoms with Gasteiger partial charge in [0.1, 0.15) is 18.8 Å². The van der Waals surface area contributed by atoms with E-state index in [0.29, 0.717) is 19.4 Å². The molecule has 0 bridgehead atoms. The molecule has 0 aliphatic rings. The summed E-state index contributed by atoms with van der Waals surface area (Å²) in [6.07, 6.45) is 38.6. The molecule has 338 valence electrons. The van der Waals surface area contributed by atoms with E-state index in [1.807, 2.05) is 0 Å². The molecule has 0 spiro atoms. The van der Waals surface area contributed by atoms with Gasteiger partial charge in [-0.3, -0.25) is 14.4 Å². The fraction of sp³-hybridized carbons (Fsp3) is 0.939. The van der Waals surface area contributed by atoms with Crippen molar-refractivity contribution in [3.8, 4) is 0 Å². The van der Waals surface area contributed by atoms with Crippen molar-refractivity contribution in [2.24, 2.45) is 0 Å². The van der Waals surface area contributed by atoms with Crippen molar-refractivity contribution in [2.75, 3.05) is 39.9 Å². The molecule has 0 rings (SSSR count). The van der Waals surface area contributed by atoms with Crippen molar-refractivity contribution in [3.05, 3.63) is 0 Å². The van der Waals surface area contributed by atoms with Crippen LogP contribution in [-0.2, 0) is 28.6 Å². The molecule has 0 aromatic carbocycles. The van der Waals surface area contributed by atoms with E-state index in [1.54, 1.807) is 7.11 Å². The highest BCUT2D eigenvalue weighted by atomic mass is 16.5. The van der Waals surface area contributed by atoms with Crippen LogP contribution in [0.1, 0.15) is 246 Å². The minimum atomic E-state index is -0.0597. The first-order chi connectivity index (χ1) is 27.9. The van der Waals surface area contributed by atoms with E-state index in [-0.39, 0.29) is 36.7 Å². The molecule has 0 radical (unpaired) electrons. The predicted molar refractivity (Wildman–Crippen MR) is 241 cm³/mol. The average Bonchev–Trinajstić information content (AvgIpc) is 3.20. The Labute approximate surface area is 353 Å². The predicted octanol–water partition coefficient (Wildman–Crippen LogP) is 13.2. The second-order valence-corrected chi connectivity index (χ2v) is 17.0. The van der Waals surface area contributed by atoms with E-state index in [9.17, 15) is 14.4 Å². The zero-order valence-electron chi connectivity index (χ0n) is 38.6. The Hall–Kier alpha value is -1.67. The first kappa shape index (κ1) is 55.3. The molecule has 0 aliphatic carbocycles. The van der Waals surface area contributed by atoms with Crippen LogP contribution in [-0.4, -0.2) is 74.8 Å². The number of ether oxygens (including phenoxy) is 3. The van der Waals surface area contributed by atoms with Crippen LogP contribution in [0.5, 0.6) is 0 Å². The van der Waals surface area contributed by atoms with E-state index >= 15 is 0 Å². The lowest BCUT2D eigenvalue weighted by atomic mass is 10.0. The van der Waals surface area contributed by atoms with Crippen molar-refractivity contribution in [1.82, 2.24) is 10.2 Å². The van der Waals surface area contributed by atoms with Gasteiger partial charge in [-0.15, -0.1) is 0 Å². The SMILES string of the molecule is CCCCCCCCC(CC)OC(=O)CCCCCCCN(CCCCCCCC(=O)OC(CCCCCCC)CCCCCCCC)CCCNC(=O)COC. The number of esters is 2. The molecule has 1 N–H and O–H groups in total. The highest BCUT2D eigenvalue weighted by Crippen LogP contribution is 2.19. The van der Waals surface area contributed by atoms with E-state index in [2.05, 4.69) is 37.9 Å². The monoisotopic (exact) mass is 809 g/mol. The molecular formula is C49H96N2O6. The smallest absolute Gasteiger partial charge is 0.306 e. The fourth-order valence-corrected chi connectivity index (χ4v) is 7.70. The van der Waals surface area contributed by atoms with Crippen LogP contribution in [0.2, 0.25) is 0 Å². The lowest BCUT2D eigenvalue weighted by molar-refractivity contribution is -0.150. The van der Waals surface area contributed by atoms with Gasteiger partial charge in [-0.05, 0) is 96.7 Å². The maximum Gasteiger partial charge on any atom is 0.306 e. The number of methoxy groups -OCH3 is 1. The number of nitrogens with zero attached hydrogens (tertiary/aromatic N) is 1. The molecule has 0 heterocycles. The summed E-state index contributed by atoms with van der Waals surface area (Å²) in [7, 11) is 1.54. The number of amides is 1. The van der Waals surface area contributed by atoms with E-state index < -0.39 is 0 Å². The Morgan fingerprint density at radius 2 is 0.825 bits per heavy atom. The maximum absolute atomic E-state index is 12.8. The van der Waals surface area contributed by atoms with Gasteiger partial charge in [0.2, 0.25) is 5.91 Å². The van der Waals surface area contributed by atoms with Crippen LogP contribution < -0.4 is 5.32 Å². The summed E-state index contributed by atoms with van der Waals surface area (Å²) in [5, 5.41) is 2.95. The maximum atomic E-state index is 12.8. The molecule has 1 amide bonds. The molecule has 0 fully saturated rings. The fourth-order valence-electron chi connectivity index (χ4n) is 7.70. The summed E-state index contributed by atoms with van der Waals surface area (Å²) in [5.74, 6) is -0.0739. The quantitative estimate of drug-likeness (QED) is 0.0483. The van der Waals surface area contributed by atoms with E-state index in [0.717, 1.165) is 110 Å². The molecule has 57 heavy (non-hydrogen) atoms. The lowest BCUT2D eigenvalue weighted by Gasteiger charge is -2.22. The van der Waals surface area contributed by atoms with Gasteiger partial charge in [0.25, 0.3) is 0 Å². The zero-order chi connectivity index (χ0) is 41.9. The summed E-state index contributed by atoms with van der Waals surface area (Å²) >= 11 is 0. The molecular weight excluding hydrogens is 713 g/mol. The molecule has 0 aliphatic heterocycles. The molecule has 2 unspecified atom stereocenters. The first-order valence-corrected chi connectivity index (χ1v) is 24.8. The number of unbranched alkanes of at least 4 members (excludes halogenated alkanes) is 22.